The van der Waals surface area contributed by atoms with Crippen molar-refractivity contribution in [2.24, 2.45) is 0 Å². The van der Waals surface area contributed by atoms with Crippen molar-refractivity contribution in [1.82, 2.24) is 9.80 Å². The number of carbonyl (C=O) groups excluding carboxylic acids is 1. The van der Waals surface area contributed by atoms with Crippen molar-refractivity contribution in [3.63, 3.8) is 0 Å². The summed E-state index contributed by atoms with van der Waals surface area (Å²) in [6.45, 7) is 3.88. The minimum atomic E-state index is -1.18. The molecule has 21 heavy (non-hydrogen) atoms. The van der Waals surface area contributed by atoms with Gasteiger partial charge in [0.05, 0.1) is 0 Å². The van der Waals surface area contributed by atoms with E-state index in [1.807, 2.05) is 6.07 Å². The van der Waals surface area contributed by atoms with E-state index in [-0.39, 0.29) is 12.5 Å². The number of carbonyl (C=O) groups is 1. The van der Waals surface area contributed by atoms with E-state index in [9.17, 15) is 14.3 Å². The van der Waals surface area contributed by atoms with Gasteiger partial charge in [-0.2, -0.15) is 4.48 Å². The van der Waals surface area contributed by atoms with Gasteiger partial charge in [-0.3, -0.25) is 0 Å². The maximum Gasteiger partial charge on any atom is 0.341 e. The number of halogens is 1. The van der Waals surface area contributed by atoms with Crippen molar-refractivity contribution < 1.29 is 14.3 Å². The van der Waals surface area contributed by atoms with Crippen LogP contribution >= 0.6 is 0 Å². The highest BCUT2D eigenvalue weighted by atomic mass is 19.1. The largest absolute Gasteiger partial charge is 0.341 e. The number of nitrogens with zero attached hydrogens (tertiary/aromatic N) is 1. The molecule has 0 saturated carbocycles. The third kappa shape index (κ3) is 1.98. The number of benzene rings is 2. The van der Waals surface area contributed by atoms with E-state index < -0.39 is 16.7 Å². The summed E-state index contributed by atoms with van der Waals surface area (Å²) in [5.41, 5.74) is 1.40. The molecule has 2 atom stereocenters. The van der Waals surface area contributed by atoms with Gasteiger partial charge in [0.2, 0.25) is 0 Å². The standard InChI is InChI=1S/C16H15FN2O2/c1-11-7-8-12(17)9-14(11)19(13-5-3-2-4-6-13)15(20)10-18-16(19)21/h2-9,16,18,21H,1,10H2/q+1. The zero-order valence-electron chi connectivity index (χ0n) is 11.3. The smallest absolute Gasteiger partial charge is 0.331 e. The monoisotopic (exact) mass is 286 g/mol. The van der Waals surface area contributed by atoms with Crippen LogP contribution in [0.4, 0.5) is 15.8 Å². The molecule has 0 spiro atoms. The van der Waals surface area contributed by atoms with Crippen molar-refractivity contribution in [3.05, 3.63) is 66.8 Å². The summed E-state index contributed by atoms with van der Waals surface area (Å²) in [7, 11) is 0. The Morgan fingerprint density at radius 3 is 2.57 bits per heavy atom. The van der Waals surface area contributed by atoms with Crippen LogP contribution in [0.5, 0.6) is 0 Å². The van der Waals surface area contributed by atoms with Gasteiger partial charge >= 0.3 is 5.91 Å². The highest BCUT2D eigenvalue weighted by Gasteiger charge is 2.53. The summed E-state index contributed by atoms with van der Waals surface area (Å²) in [5, 5.41) is 13.2. The minimum absolute atomic E-state index is 0.00597. The summed E-state index contributed by atoms with van der Waals surface area (Å²) < 4.78 is 13.2. The van der Waals surface area contributed by atoms with Crippen molar-refractivity contribution in [1.29, 1.82) is 0 Å². The molecule has 1 radical (unpaired) electrons. The van der Waals surface area contributed by atoms with Crippen LogP contribution in [-0.2, 0) is 4.79 Å². The van der Waals surface area contributed by atoms with Gasteiger partial charge in [0.15, 0.2) is 5.69 Å². The maximum absolute atomic E-state index is 13.7. The van der Waals surface area contributed by atoms with E-state index in [4.69, 9.17) is 0 Å². The lowest BCUT2D eigenvalue weighted by molar-refractivity contribution is -0.127. The quantitative estimate of drug-likeness (QED) is 0.831. The molecule has 1 amide bonds. The number of hydrogen-bond acceptors (Lipinski definition) is 3. The molecule has 0 aliphatic carbocycles. The second-order valence-electron chi connectivity index (χ2n) is 4.98. The van der Waals surface area contributed by atoms with Crippen LogP contribution in [0.3, 0.4) is 0 Å². The van der Waals surface area contributed by atoms with E-state index >= 15 is 0 Å². The van der Waals surface area contributed by atoms with E-state index in [2.05, 4.69) is 12.2 Å². The van der Waals surface area contributed by atoms with Crippen molar-refractivity contribution >= 4 is 17.3 Å². The molecular weight excluding hydrogens is 271 g/mol. The molecule has 1 saturated heterocycles. The molecule has 1 aliphatic rings. The molecule has 2 aromatic carbocycles. The Kier molecular flexibility index (Phi) is 3.33. The van der Waals surface area contributed by atoms with Crippen molar-refractivity contribution in [3.8, 4) is 0 Å². The Balaban J connectivity index is 2.32. The first-order chi connectivity index (χ1) is 10.1. The van der Waals surface area contributed by atoms with Gasteiger partial charge in [-0.15, -0.1) is 0 Å². The van der Waals surface area contributed by atoms with Crippen molar-refractivity contribution in [2.75, 3.05) is 6.54 Å². The summed E-state index contributed by atoms with van der Waals surface area (Å²) in [5.74, 6) is -0.734. The first-order valence-corrected chi connectivity index (χ1v) is 6.58. The molecule has 1 fully saturated rings. The number of rotatable bonds is 2. The normalized spacial score (nSPS) is 25.3. The minimum Gasteiger partial charge on any atom is -0.331 e. The lowest BCUT2D eigenvalue weighted by Crippen LogP contribution is -2.54. The van der Waals surface area contributed by atoms with Crippen LogP contribution in [0, 0.1) is 12.7 Å². The molecule has 5 heteroatoms. The second kappa shape index (κ2) is 5.04. The zero-order valence-corrected chi connectivity index (χ0v) is 11.3. The molecule has 107 valence electrons. The van der Waals surface area contributed by atoms with Gasteiger partial charge in [-0.25, -0.2) is 14.5 Å². The number of aliphatic hydroxyl groups excluding tert-OH is 1. The van der Waals surface area contributed by atoms with Gasteiger partial charge in [0, 0.05) is 23.8 Å². The number of aliphatic hydroxyl groups is 1. The Hall–Kier alpha value is -2.08. The molecule has 0 aromatic heterocycles. The number of nitrogens with one attached hydrogen (secondary N) is 1. The third-order valence-corrected chi connectivity index (χ3v) is 3.79. The summed E-state index contributed by atoms with van der Waals surface area (Å²) in [4.78, 5) is 12.6. The zero-order chi connectivity index (χ0) is 15.0. The van der Waals surface area contributed by atoms with Gasteiger partial charge in [0.1, 0.15) is 18.0 Å². The Morgan fingerprint density at radius 1 is 1.24 bits per heavy atom. The van der Waals surface area contributed by atoms with Gasteiger partial charge in [0.25, 0.3) is 6.35 Å². The molecule has 2 aromatic rings. The molecule has 1 aliphatic heterocycles. The van der Waals surface area contributed by atoms with Crippen LogP contribution in [-0.4, -0.2) is 23.9 Å². The predicted octanol–water partition coefficient (Wildman–Crippen LogP) is 2.05. The van der Waals surface area contributed by atoms with Crippen molar-refractivity contribution in [2.45, 2.75) is 6.35 Å². The number of quaternary nitrogens is 1. The Bertz CT molecular complexity index is 690. The highest BCUT2D eigenvalue weighted by Crippen LogP contribution is 2.40. The van der Waals surface area contributed by atoms with Crippen LogP contribution in [0.2, 0.25) is 0 Å². The molecule has 0 bridgehead atoms. The molecule has 2 N–H and O–H groups in total. The van der Waals surface area contributed by atoms with Crippen LogP contribution in [0.15, 0.2) is 48.5 Å². The van der Waals surface area contributed by atoms with Crippen LogP contribution < -0.4 is 9.80 Å². The van der Waals surface area contributed by atoms with Gasteiger partial charge in [-0.05, 0) is 13.0 Å². The van der Waals surface area contributed by atoms with Crippen LogP contribution in [0.25, 0.3) is 0 Å². The number of para-hydroxylation sites is 1. The topological polar surface area (TPSA) is 49.3 Å². The molecule has 1 heterocycles. The third-order valence-electron chi connectivity index (χ3n) is 3.79. The maximum atomic E-state index is 13.7. The van der Waals surface area contributed by atoms with Gasteiger partial charge in [-0.1, -0.05) is 24.3 Å². The summed E-state index contributed by atoms with van der Waals surface area (Å²) >= 11 is 0. The van der Waals surface area contributed by atoms with E-state index in [0.717, 1.165) is 0 Å². The first kappa shape index (κ1) is 13.9. The second-order valence-corrected chi connectivity index (χ2v) is 4.98. The molecule has 3 rings (SSSR count). The average Bonchev–Trinajstić information content (AvgIpc) is 2.79. The molecule has 4 nitrogen and oxygen atoms in total. The number of amides is 1. The van der Waals surface area contributed by atoms with Gasteiger partial charge < -0.3 is 5.11 Å². The summed E-state index contributed by atoms with van der Waals surface area (Å²) in [6, 6.07) is 12.9. The Labute approximate surface area is 122 Å². The fourth-order valence-corrected chi connectivity index (χ4v) is 2.80. The Morgan fingerprint density at radius 2 is 1.95 bits per heavy atom. The lowest BCUT2D eigenvalue weighted by Gasteiger charge is -2.33. The van der Waals surface area contributed by atoms with E-state index in [1.54, 1.807) is 24.3 Å². The highest BCUT2D eigenvalue weighted by molar-refractivity contribution is 5.99. The average molecular weight is 286 g/mol. The van der Waals surface area contributed by atoms with E-state index in [1.165, 1.54) is 18.2 Å². The molecule has 2 unspecified atom stereocenters. The lowest BCUT2D eigenvalue weighted by atomic mass is 10.1. The fourth-order valence-electron chi connectivity index (χ4n) is 2.80. The molecular formula is C16H15FN2O2+. The fraction of sp³-hybridized carbons (Fsp3) is 0.125. The SMILES string of the molecule is [CH2]c1ccc(F)cc1[N+]1(c2ccccc2)C(=O)CNC1O. The predicted molar refractivity (Wildman–Crippen MR) is 77.8 cm³/mol. The number of hydrogen-bond donors (Lipinski definition) is 2. The summed E-state index contributed by atoms with van der Waals surface area (Å²) in [6.07, 6.45) is -1.18. The van der Waals surface area contributed by atoms with E-state index in [0.29, 0.717) is 16.9 Å². The first-order valence-electron chi connectivity index (χ1n) is 6.58. The van der Waals surface area contributed by atoms with Crippen LogP contribution in [0.1, 0.15) is 5.56 Å².